The summed E-state index contributed by atoms with van der Waals surface area (Å²) in [6.07, 6.45) is 0.981. The van der Waals surface area contributed by atoms with Crippen molar-refractivity contribution >= 4 is 17.3 Å². The topological polar surface area (TPSA) is 36.3 Å². The smallest absolute Gasteiger partial charge is 0.169 e. The molecule has 0 unspecified atom stereocenters. The number of halogens is 1. The van der Waals surface area contributed by atoms with Crippen molar-refractivity contribution in [2.45, 2.75) is 33.4 Å². The lowest BCUT2D eigenvalue weighted by atomic mass is 10.2. The summed E-state index contributed by atoms with van der Waals surface area (Å²) in [5.74, 6) is -0.125. The molecule has 0 spiro atoms. The first kappa shape index (κ1) is 19.8. The molecule has 3 rings (SSSR count). The van der Waals surface area contributed by atoms with Gasteiger partial charge >= 0.3 is 0 Å². The molecule has 0 saturated carbocycles. The summed E-state index contributed by atoms with van der Waals surface area (Å²) in [6.45, 7) is 10.0. The summed E-state index contributed by atoms with van der Waals surface area (Å²) in [5.41, 5.74) is 3.01. The van der Waals surface area contributed by atoms with Crippen molar-refractivity contribution < 1.29 is 4.39 Å². The molecule has 0 atom stereocenters. The molecule has 0 bridgehead atoms. The first-order chi connectivity index (χ1) is 13.0. The third-order valence-electron chi connectivity index (χ3n) is 4.94. The molecule has 1 aliphatic rings. The predicted octanol–water partition coefficient (Wildman–Crippen LogP) is 2.72. The zero-order valence-corrected chi connectivity index (χ0v) is 16.9. The van der Waals surface area contributed by atoms with E-state index >= 15 is 0 Å². The molecule has 1 aromatic carbocycles. The number of nitrogens with zero attached hydrogens (tertiary/aromatic N) is 4. The van der Waals surface area contributed by atoms with Crippen LogP contribution in [-0.2, 0) is 13.1 Å². The van der Waals surface area contributed by atoms with Crippen LogP contribution < -0.4 is 5.32 Å². The highest BCUT2D eigenvalue weighted by Gasteiger charge is 2.19. The van der Waals surface area contributed by atoms with Crippen LogP contribution in [0.4, 0.5) is 4.39 Å². The van der Waals surface area contributed by atoms with E-state index in [1.807, 2.05) is 23.7 Å². The lowest BCUT2D eigenvalue weighted by Crippen LogP contribution is -2.51. The molecule has 5 nitrogen and oxygen atoms in total. The Morgan fingerprint density at radius 2 is 1.93 bits per heavy atom. The van der Waals surface area contributed by atoms with E-state index in [4.69, 9.17) is 12.2 Å². The average molecular weight is 390 g/mol. The lowest BCUT2D eigenvalue weighted by molar-refractivity contribution is 0.173. The highest BCUT2D eigenvalue weighted by molar-refractivity contribution is 7.80. The van der Waals surface area contributed by atoms with Crippen LogP contribution >= 0.6 is 12.2 Å². The van der Waals surface area contributed by atoms with Crippen LogP contribution in [0.15, 0.2) is 30.3 Å². The summed E-state index contributed by atoms with van der Waals surface area (Å²) in [5, 5.41) is 8.65. The first-order valence-corrected chi connectivity index (χ1v) is 9.93. The van der Waals surface area contributed by atoms with E-state index in [0.717, 1.165) is 62.1 Å². The predicted molar refractivity (Wildman–Crippen MR) is 110 cm³/mol. The van der Waals surface area contributed by atoms with E-state index in [1.165, 1.54) is 11.8 Å². The number of hydrogen-bond donors (Lipinski definition) is 1. The maximum absolute atomic E-state index is 13.8. The van der Waals surface area contributed by atoms with Gasteiger partial charge in [-0.05, 0) is 44.6 Å². The normalized spacial score (nSPS) is 15.1. The number of aryl methyl sites for hydroxylation is 3. The number of piperazine rings is 1. The van der Waals surface area contributed by atoms with E-state index in [1.54, 1.807) is 6.07 Å². The van der Waals surface area contributed by atoms with E-state index in [2.05, 4.69) is 33.2 Å². The van der Waals surface area contributed by atoms with Crippen molar-refractivity contribution in [2.75, 3.05) is 32.7 Å². The van der Waals surface area contributed by atoms with Gasteiger partial charge in [-0.1, -0.05) is 18.2 Å². The van der Waals surface area contributed by atoms with Crippen LogP contribution in [0.3, 0.4) is 0 Å². The first-order valence-electron chi connectivity index (χ1n) is 9.52. The second kappa shape index (κ2) is 9.28. The minimum Gasteiger partial charge on any atom is -0.362 e. The number of thiocarbonyl (C=S) groups is 1. The summed E-state index contributed by atoms with van der Waals surface area (Å²) < 4.78 is 15.8. The summed E-state index contributed by atoms with van der Waals surface area (Å²) in [4.78, 5) is 4.48. The number of benzene rings is 1. The molecule has 0 radical (unpaired) electrons. The van der Waals surface area contributed by atoms with Gasteiger partial charge in [-0.15, -0.1) is 0 Å². The zero-order chi connectivity index (χ0) is 19.2. The van der Waals surface area contributed by atoms with Crippen molar-refractivity contribution in [1.29, 1.82) is 0 Å². The Labute approximate surface area is 166 Å². The van der Waals surface area contributed by atoms with Gasteiger partial charge in [0.1, 0.15) is 5.82 Å². The molecule has 2 heterocycles. The molecule has 0 aliphatic carbocycles. The molecule has 0 amide bonds. The molecule has 1 saturated heterocycles. The number of nitrogens with one attached hydrogen (secondary N) is 1. The molecular formula is C20H28FN5S. The van der Waals surface area contributed by atoms with E-state index in [9.17, 15) is 4.39 Å². The second-order valence-electron chi connectivity index (χ2n) is 7.09. The molecule has 27 heavy (non-hydrogen) atoms. The van der Waals surface area contributed by atoms with Crippen LogP contribution in [0.2, 0.25) is 0 Å². The summed E-state index contributed by atoms with van der Waals surface area (Å²) in [7, 11) is 0. The van der Waals surface area contributed by atoms with Gasteiger partial charge in [0.05, 0.1) is 5.69 Å². The van der Waals surface area contributed by atoms with Crippen LogP contribution in [0.1, 0.15) is 23.4 Å². The number of hydrogen-bond acceptors (Lipinski definition) is 3. The van der Waals surface area contributed by atoms with Crippen LogP contribution in [0, 0.1) is 19.7 Å². The van der Waals surface area contributed by atoms with Crippen molar-refractivity contribution in [2.24, 2.45) is 0 Å². The fraction of sp³-hybridized carbons (Fsp3) is 0.500. The fourth-order valence-corrected chi connectivity index (χ4v) is 3.70. The van der Waals surface area contributed by atoms with Gasteiger partial charge in [-0.2, -0.15) is 5.10 Å². The maximum Gasteiger partial charge on any atom is 0.169 e. The SMILES string of the molecule is Cc1cc(C)n(CCCNC(=S)N2CCN(Cc3ccccc3F)CC2)n1. The zero-order valence-electron chi connectivity index (χ0n) is 16.1. The third kappa shape index (κ3) is 5.49. The average Bonchev–Trinajstić information content (AvgIpc) is 2.98. The molecule has 146 valence electrons. The Kier molecular flexibility index (Phi) is 6.79. The van der Waals surface area contributed by atoms with Gasteiger partial charge in [0.15, 0.2) is 5.11 Å². The fourth-order valence-electron chi connectivity index (χ4n) is 3.41. The number of rotatable bonds is 6. The van der Waals surface area contributed by atoms with Crippen molar-refractivity contribution in [3.63, 3.8) is 0 Å². The highest BCUT2D eigenvalue weighted by Crippen LogP contribution is 2.12. The molecule has 2 aromatic rings. The summed E-state index contributed by atoms with van der Waals surface area (Å²) >= 11 is 5.54. The minimum atomic E-state index is -0.125. The molecule has 1 fully saturated rings. The molecule has 1 N–H and O–H groups in total. The van der Waals surface area contributed by atoms with Crippen molar-refractivity contribution in [1.82, 2.24) is 24.9 Å². The molecule has 1 aliphatic heterocycles. The largest absolute Gasteiger partial charge is 0.362 e. The molecule has 7 heteroatoms. The van der Waals surface area contributed by atoms with Crippen LogP contribution in [-0.4, -0.2) is 57.4 Å². The quantitative estimate of drug-likeness (QED) is 0.607. The van der Waals surface area contributed by atoms with Gasteiger partial charge in [0.2, 0.25) is 0 Å². The molecular weight excluding hydrogens is 361 g/mol. The van der Waals surface area contributed by atoms with E-state index in [0.29, 0.717) is 6.54 Å². The lowest BCUT2D eigenvalue weighted by Gasteiger charge is -2.36. The number of aromatic nitrogens is 2. The van der Waals surface area contributed by atoms with Crippen molar-refractivity contribution in [3.8, 4) is 0 Å². The van der Waals surface area contributed by atoms with Crippen LogP contribution in [0.25, 0.3) is 0 Å². The molecule has 1 aromatic heterocycles. The standard InChI is InChI=1S/C20H28FN5S/c1-16-14-17(2)26(23-16)9-5-8-22-20(27)25-12-10-24(11-13-25)15-18-6-3-4-7-19(18)21/h3-4,6-7,14H,5,8-13,15H2,1-2H3,(H,22,27). The van der Waals surface area contributed by atoms with E-state index < -0.39 is 0 Å². The Hall–Kier alpha value is -1.99. The monoisotopic (exact) mass is 389 g/mol. The van der Waals surface area contributed by atoms with Gasteiger partial charge in [0, 0.05) is 57.1 Å². The van der Waals surface area contributed by atoms with Crippen LogP contribution in [0.5, 0.6) is 0 Å². The second-order valence-corrected chi connectivity index (χ2v) is 7.48. The minimum absolute atomic E-state index is 0.125. The van der Waals surface area contributed by atoms with Gasteiger partial charge in [0.25, 0.3) is 0 Å². The Bertz CT molecular complexity index is 767. The van der Waals surface area contributed by atoms with E-state index in [-0.39, 0.29) is 5.82 Å². The Balaban J connectivity index is 1.36. The van der Waals surface area contributed by atoms with Crippen molar-refractivity contribution in [3.05, 3.63) is 53.1 Å². The van der Waals surface area contributed by atoms with Gasteiger partial charge < -0.3 is 10.2 Å². The summed E-state index contributed by atoms with van der Waals surface area (Å²) in [6, 6.07) is 9.10. The Morgan fingerprint density at radius 3 is 2.59 bits per heavy atom. The Morgan fingerprint density at radius 1 is 1.19 bits per heavy atom. The highest BCUT2D eigenvalue weighted by atomic mass is 32.1. The third-order valence-corrected chi connectivity index (χ3v) is 5.34. The van der Waals surface area contributed by atoms with Gasteiger partial charge in [-0.3, -0.25) is 9.58 Å². The van der Waals surface area contributed by atoms with Gasteiger partial charge in [-0.25, -0.2) is 4.39 Å². The maximum atomic E-state index is 13.8.